The van der Waals surface area contributed by atoms with Crippen molar-refractivity contribution in [2.75, 3.05) is 39.4 Å². The number of rotatable bonds is 3. The zero-order chi connectivity index (χ0) is 18.7. The van der Waals surface area contributed by atoms with Crippen molar-refractivity contribution < 1.29 is 18.7 Å². The molecule has 1 N–H and O–H groups in total. The van der Waals surface area contributed by atoms with Crippen LogP contribution in [-0.4, -0.2) is 67.2 Å². The highest BCUT2D eigenvalue weighted by Gasteiger charge is 2.28. The van der Waals surface area contributed by atoms with Crippen molar-refractivity contribution in [3.8, 4) is 0 Å². The van der Waals surface area contributed by atoms with Gasteiger partial charge in [-0.1, -0.05) is 13.8 Å². The molecule has 7 heteroatoms. The van der Waals surface area contributed by atoms with Crippen molar-refractivity contribution in [1.29, 1.82) is 0 Å². The molecule has 7 nitrogen and oxygen atoms in total. The summed E-state index contributed by atoms with van der Waals surface area (Å²) in [5.74, 6) is 1.66. The van der Waals surface area contributed by atoms with Gasteiger partial charge in [0.05, 0.1) is 18.8 Å². The summed E-state index contributed by atoms with van der Waals surface area (Å²) < 4.78 is 11.0. The second-order valence-electron chi connectivity index (χ2n) is 7.39. The first-order valence-corrected chi connectivity index (χ1v) is 9.48. The van der Waals surface area contributed by atoms with Crippen molar-refractivity contribution in [3.63, 3.8) is 0 Å². The van der Waals surface area contributed by atoms with Crippen molar-refractivity contribution in [2.24, 2.45) is 0 Å². The lowest BCUT2D eigenvalue weighted by Crippen LogP contribution is -2.52. The minimum atomic E-state index is -0.0869. The average Bonchev–Trinajstić information content (AvgIpc) is 3.05. The van der Waals surface area contributed by atoms with Gasteiger partial charge in [0.2, 0.25) is 0 Å². The van der Waals surface area contributed by atoms with E-state index in [0.717, 1.165) is 18.6 Å². The summed E-state index contributed by atoms with van der Waals surface area (Å²) in [5.41, 5.74) is 0.612. The van der Waals surface area contributed by atoms with Crippen molar-refractivity contribution >= 4 is 11.9 Å². The first-order chi connectivity index (χ1) is 12.5. The molecule has 0 bridgehead atoms. The maximum atomic E-state index is 12.6. The highest BCUT2D eigenvalue weighted by atomic mass is 16.5. The number of nitrogens with zero attached hydrogens (tertiary/aromatic N) is 2. The highest BCUT2D eigenvalue weighted by Crippen LogP contribution is 2.22. The van der Waals surface area contributed by atoms with Crippen LogP contribution in [0.1, 0.15) is 54.5 Å². The van der Waals surface area contributed by atoms with Crippen molar-refractivity contribution in [1.82, 2.24) is 15.1 Å². The molecule has 3 heterocycles. The summed E-state index contributed by atoms with van der Waals surface area (Å²) in [5, 5.41) is 3.10. The summed E-state index contributed by atoms with van der Waals surface area (Å²) in [7, 11) is 0. The molecular formula is C19H29N3O4. The van der Waals surface area contributed by atoms with Gasteiger partial charge in [0.15, 0.2) is 0 Å². The molecule has 0 aromatic carbocycles. The molecule has 0 aliphatic carbocycles. The van der Waals surface area contributed by atoms with Crippen LogP contribution in [0.4, 0.5) is 4.79 Å². The number of carbonyl (C=O) groups is 2. The molecule has 2 saturated heterocycles. The van der Waals surface area contributed by atoms with E-state index < -0.39 is 0 Å². The summed E-state index contributed by atoms with van der Waals surface area (Å²) in [6, 6.07) is 2.02. The number of hydrogen-bond donors (Lipinski definition) is 1. The lowest BCUT2D eigenvalue weighted by Gasteiger charge is -2.37. The minimum absolute atomic E-state index is 0.0869. The van der Waals surface area contributed by atoms with Gasteiger partial charge in [-0.3, -0.25) is 4.79 Å². The Morgan fingerprint density at radius 1 is 1.12 bits per heavy atom. The monoisotopic (exact) mass is 363 g/mol. The Bertz CT molecular complexity index is 641. The first-order valence-electron chi connectivity index (χ1n) is 9.48. The van der Waals surface area contributed by atoms with Crippen molar-refractivity contribution in [3.05, 3.63) is 23.2 Å². The molecule has 3 amide bonds. The number of likely N-dealkylation sites (tertiary alicyclic amines) is 1. The topological polar surface area (TPSA) is 75.0 Å². The van der Waals surface area contributed by atoms with Gasteiger partial charge >= 0.3 is 6.03 Å². The molecule has 0 radical (unpaired) electrons. The van der Waals surface area contributed by atoms with E-state index in [9.17, 15) is 9.59 Å². The molecule has 2 aliphatic rings. The van der Waals surface area contributed by atoms with Crippen LogP contribution in [0.2, 0.25) is 0 Å². The zero-order valence-corrected chi connectivity index (χ0v) is 15.9. The molecule has 0 atom stereocenters. The number of ether oxygens (including phenoxy) is 1. The Hall–Kier alpha value is -2.02. The Labute approximate surface area is 154 Å². The third-order valence-electron chi connectivity index (χ3n) is 5.13. The van der Waals surface area contributed by atoms with Crippen LogP contribution in [-0.2, 0) is 4.74 Å². The van der Waals surface area contributed by atoms with Gasteiger partial charge in [0.25, 0.3) is 5.91 Å². The third-order valence-corrected chi connectivity index (χ3v) is 5.13. The van der Waals surface area contributed by atoms with Gasteiger partial charge in [-0.05, 0) is 25.8 Å². The Kier molecular flexibility index (Phi) is 5.86. The van der Waals surface area contributed by atoms with Crippen LogP contribution in [0.3, 0.4) is 0 Å². The summed E-state index contributed by atoms with van der Waals surface area (Å²) in [6.07, 6.45) is 1.55. The van der Waals surface area contributed by atoms with E-state index in [1.165, 1.54) is 0 Å². The molecule has 2 fully saturated rings. The van der Waals surface area contributed by atoms with E-state index >= 15 is 0 Å². The van der Waals surface area contributed by atoms with Gasteiger partial charge in [-0.25, -0.2) is 4.79 Å². The van der Waals surface area contributed by atoms with E-state index in [2.05, 4.69) is 5.32 Å². The van der Waals surface area contributed by atoms with E-state index in [-0.39, 0.29) is 23.9 Å². The summed E-state index contributed by atoms with van der Waals surface area (Å²) >= 11 is 0. The number of amides is 3. The predicted octanol–water partition coefficient (Wildman–Crippen LogP) is 2.36. The number of piperidine rings is 1. The molecule has 2 aliphatic heterocycles. The van der Waals surface area contributed by atoms with E-state index in [1.807, 2.05) is 36.6 Å². The predicted molar refractivity (Wildman–Crippen MR) is 97.4 cm³/mol. The normalized spacial score (nSPS) is 19.1. The van der Waals surface area contributed by atoms with Crippen LogP contribution in [0.15, 0.2) is 10.5 Å². The zero-order valence-electron chi connectivity index (χ0n) is 15.9. The van der Waals surface area contributed by atoms with Crippen LogP contribution < -0.4 is 5.32 Å². The molecule has 0 saturated carbocycles. The minimum Gasteiger partial charge on any atom is -0.465 e. The summed E-state index contributed by atoms with van der Waals surface area (Å²) in [4.78, 5) is 28.8. The SMILES string of the molecule is Cc1oc(C(C)C)cc1C(=O)NC1CCN(C(=O)N2CCOCC2)CC1. The fourth-order valence-corrected chi connectivity index (χ4v) is 3.45. The molecule has 144 valence electrons. The van der Waals surface area contributed by atoms with E-state index in [0.29, 0.717) is 50.7 Å². The lowest BCUT2D eigenvalue weighted by atomic mass is 10.0. The van der Waals surface area contributed by atoms with E-state index in [4.69, 9.17) is 9.15 Å². The number of nitrogens with one attached hydrogen (secondary N) is 1. The van der Waals surface area contributed by atoms with Crippen LogP contribution in [0, 0.1) is 6.92 Å². The maximum absolute atomic E-state index is 12.6. The van der Waals surface area contributed by atoms with Gasteiger partial charge in [-0.2, -0.15) is 0 Å². The average molecular weight is 363 g/mol. The largest absolute Gasteiger partial charge is 0.465 e. The van der Waals surface area contributed by atoms with Gasteiger partial charge in [0, 0.05) is 38.1 Å². The van der Waals surface area contributed by atoms with Gasteiger partial charge in [0.1, 0.15) is 11.5 Å². The van der Waals surface area contributed by atoms with Gasteiger partial charge in [-0.15, -0.1) is 0 Å². The third kappa shape index (κ3) is 4.20. The van der Waals surface area contributed by atoms with Crippen molar-refractivity contribution in [2.45, 2.75) is 45.6 Å². The Balaban J connectivity index is 1.50. The second-order valence-corrected chi connectivity index (χ2v) is 7.39. The number of morpholine rings is 1. The molecule has 3 rings (SSSR count). The quantitative estimate of drug-likeness (QED) is 0.895. The van der Waals surface area contributed by atoms with Crippen LogP contribution in [0.25, 0.3) is 0 Å². The number of aryl methyl sites for hydroxylation is 1. The number of carbonyl (C=O) groups excluding carboxylic acids is 2. The first kappa shape index (κ1) is 18.8. The van der Waals surface area contributed by atoms with Gasteiger partial charge < -0.3 is 24.3 Å². The molecule has 0 spiro atoms. The Morgan fingerprint density at radius 3 is 2.31 bits per heavy atom. The van der Waals surface area contributed by atoms with Crippen LogP contribution >= 0.6 is 0 Å². The Morgan fingerprint density at radius 2 is 1.73 bits per heavy atom. The highest BCUT2D eigenvalue weighted by molar-refractivity contribution is 5.95. The molecule has 26 heavy (non-hydrogen) atoms. The molecule has 1 aromatic heterocycles. The van der Waals surface area contributed by atoms with Crippen LogP contribution in [0.5, 0.6) is 0 Å². The van der Waals surface area contributed by atoms with E-state index in [1.54, 1.807) is 0 Å². The molecular weight excluding hydrogens is 334 g/mol. The fraction of sp³-hybridized carbons (Fsp3) is 0.684. The summed E-state index contributed by atoms with van der Waals surface area (Å²) in [6.45, 7) is 9.79. The standard InChI is InChI=1S/C19H29N3O4/c1-13(2)17-12-16(14(3)26-17)18(23)20-15-4-6-21(7-5-15)19(24)22-8-10-25-11-9-22/h12-13,15H,4-11H2,1-3H3,(H,20,23). The smallest absolute Gasteiger partial charge is 0.320 e. The molecule has 0 unspecified atom stereocenters. The number of hydrogen-bond acceptors (Lipinski definition) is 4. The number of urea groups is 1. The maximum Gasteiger partial charge on any atom is 0.320 e. The fourth-order valence-electron chi connectivity index (χ4n) is 3.45. The number of furan rings is 1. The lowest BCUT2D eigenvalue weighted by molar-refractivity contribution is 0.0407. The molecule has 1 aromatic rings. The second kappa shape index (κ2) is 8.12.